The van der Waals surface area contributed by atoms with E-state index in [4.69, 9.17) is 0 Å². The molecule has 2 aromatic rings. The molecule has 6 atom stereocenters. The molecule has 8 rings (SSSR count). The third-order valence-electron chi connectivity index (χ3n) is 12.3. The van der Waals surface area contributed by atoms with E-state index < -0.39 is 0 Å². The average molecular weight is 592 g/mol. The molecule has 2 saturated heterocycles. The molecule has 4 heterocycles. The minimum Gasteiger partial charge on any atom is -0.494 e. The van der Waals surface area contributed by atoms with E-state index >= 15 is 0 Å². The van der Waals surface area contributed by atoms with Gasteiger partial charge >= 0.3 is 6.03 Å². The molecule has 2 saturated carbocycles. The number of aromatic hydroxyl groups is 2. The molecule has 43 heavy (non-hydrogen) atoms. The fraction of sp³-hybridized carbons (Fsp3) is 0.676. The Bertz CT molecular complexity index is 1400. The van der Waals surface area contributed by atoms with Gasteiger partial charge in [0.05, 0.1) is 0 Å². The number of aromatic nitrogens is 1. The van der Waals surface area contributed by atoms with Crippen LogP contribution in [0.2, 0.25) is 0 Å². The first-order valence-corrected chi connectivity index (χ1v) is 16.8. The SMILES string of the molecule is CC1C2CC(c3c2c(O)n(CC2CCCCC2CN2CCC(N4CCc5ccc(F)cc54)CC2)c3O)C1N1CCNC1=O. The highest BCUT2D eigenvalue weighted by molar-refractivity contribution is 5.77. The molecule has 1 aromatic carbocycles. The molecule has 0 spiro atoms. The largest absolute Gasteiger partial charge is 0.494 e. The lowest BCUT2D eigenvalue weighted by Crippen LogP contribution is -2.46. The van der Waals surface area contributed by atoms with Crippen LogP contribution in [0.3, 0.4) is 0 Å². The summed E-state index contributed by atoms with van der Waals surface area (Å²) in [5.41, 5.74) is 4.23. The van der Waals surface area contributed by atoms with Crippen LogP contribution < -0.4 is 10.2 Å². The maximum Gasteiger partial charge on any atom is 0.317 e. The van der Waals surface area contributed by atoms with Gasteiger partial charge in [-0.05, 0) is 79.9 Å². The second-order valence-electron chi connectivity index (χ2n) is 14.4. The third-order valence-corrected chi connectivity index (χ3v) is 12.3. The normalized spacial score (nSPS) is 32.5. The maximum absolute atomic E-state index is 14.0. The Kier molecular flexibility index (Phi) is 6.80. The van der Waals surface area contributed by atoms with E-state index in [1.165, 1.54) is 24.8 Å². The minimum atomic E-state index is -0.141. The summed E-state index contributed by atoms with van der Waals surface area (Å²) >= 11 is 0. The van der Waals surface area contributed by atoms with Gasteiger partial charge in [0.15, 0.2) is 11.8 Å². The van der Waals surface area contributed by atoms with Crippen LogP contribution in [0.4, 0.5) is 14.9 Å². The number of nitrogens with one attached hydrogen (secondary N) is 1. The maximum atomic E-state index is 14.0. The van der Waals surface area contributed by atoms with E-state index in [1.54, 1.807) is 12.1 Å². The zero-order valence-corrected chi connectivity index (χ0v) is 25.3. The predicted molar refractivity (Wildman–Crippen MR) is 163 cm³/mol. The Morgan fingerprint density at radius 3 is 2.35 bits per heavy atom. The van der Waals surface area contributed by atoms with E-state index in [0.717, 1.165) is 75.1 Å². The van der Waals surface area contributed by atoms with Crippen molar-refractivity contribution in [2.75, 3.05) is 44.2 Å². The van der Waals surface area contributed by atoms with Gasteiger partial charge in [-0.15, -0.1) is 0 Å². The number of anilines is 1. The van der Waals surface area contributed by atoms with E-state index in [0.29, 0.717) is 37.5 Å². The molecule has 6 aliphatic rings. The number of halogens is 1. The lowest BCUT2D eigenvalue weighted by atomic mass is 9.78. The molecule has 1 aromatic heterocycles. The number of nitrogens with zero attached hydrogens (tertiary/aromatic N) is 4. The second kappa shape index (κ2) is 10.6. The number of hydrogen-bond acceptors (Lipinski definition) is 5. The number of piperidine rings is 1. The number of fused-ring (bicyclic) bond motifs is 6. The summed E-state index contributed by atoms with van der Waals surface area (Å²) in [6, 6.07) is 5.82. The zero-order chi connectivity index (χ0) is 29.4. The van der Waals surface area contributed by atoms with Crippen molar-refractivity contribution in [3.05, 3.63) is 40.7 Å². The molecule has 2 amide bonds. The quantitative estimate of drug-likeness (QED) is 0.441. The number of hydrogen-bond donors (Lipinski definition) is 3. The van der Waals surface area contributed by atoms with E-state index in [9.17, 15) is 19.4 Å². The molecule has 8 nitrogen and oxygen atoms in total. The Labute approximate surface area is 253 Å². The predicted octanol–water partition coefficient (Wildman–Crippen LogP) is 4.99. The smallest absolute Gasteiger partial charge is 0.317 e. The summed E-state index contributed by atoms with van der Waals surface area (Å²) in [4.78, 5) is 19.6. The third kappa shape index (κ3) is 4.43. The van der Waals surface area contributed by atoms with Gasteiger partial charge in [-0.1, -0.05) is 25.8 Å². The van der Waals surface area contributed by atoms with Crippen LogP contribution in [0, 0.1) is 23.6 Å². The number of benzene rings is 1. The van der Waals surface area contributed by atoms with Crippen LogP contribution >= 0.6 is 0 Å². The fourth-order valence-electron chi connectivity index (χ4n) is 10.2. The molecule has 3 N–H and O–H groups in total. The van der Waals surface area contributed by atoms with Crippen LogP contribution in [0.15, 0.2) is 18.2 Å². The van der Waals surface area contributed by atoms with Crippen LogP contribution in [-0.2, 0) is 13.0 Å². The lowest BCUT2D eigenvalue weighted by Gasteiger charge is -2.41. The van der Waals surface area contributed by atoms with Gasteiger partial charge in [0.2, 0.25) is 0 Å². The van der Waals surface area contributed by atoms with Crippen molar-refractivity contribution < 1.29 is 19.4 Å². The van der Waals surface area contributed by atoms with Gasteiger partial charge in [0.1, 0.15) is 5.82 Å². The van der Waals surface area contributed by atoms with Crippen LogP contribution in [0.5, 0.6) is 11.8 Å². The summed E-state index contributed by atoms with van der Waals surface area (Å²) < 4.78 is 15.8. The molecule has 3 aliphatic carbocycles. The topological polar surface area (TPSA) is 84.2 Å². The number of carbonyl (C=O) groups excluding carboxylic acids is 1. The molecule has 3 aliphatic heterocycles. The summed E-state index contributed by atoms with van der Waals surface area (Å²) in [6.07, 6.45) is 8.89. The van der Waals surface area contributed by atoms with Crippen molar-refractivity contribution in [1.82, 2.24) is 19.7 Å². The number of urea groups is 1. The molecular formula is C34H46FN5O3. The highest BCUT2D eigenvalue weighted by Crippen LogP contribution is 2.63. The summed E-state index contributed by atoms with van der Waals surface area (Å²) in [6.45, 7) is 8.45. The Morgan fingerprint density at radius 1 is 0.907 bits per heavy atom. The Morgan fingerprint density at radius 2 is 1.63 bits per heavy atom. The fourth-order valence-corrected chi connectivity index (χ4v) is 10.2. The first-order valence-electron chi connectivity index (χ1n) is 16.8. The Hall–Kier alpha value is -2.94. The molecular weight excluding hydrogens is 545 g/mol. The summed E-state index contributed by atoms with van der Waals surface area (Å²) in [5.74, 6) is 1.87. The number of carbonyl (C=O) groups is 1. The zero-order valence-electron chi connectivity index (χ0n) is 25.3. The van der Waals surface area contributed by atoms with Gasteiger partial charge in [0, 0.05) is 80.6 Å². The molecule has 4 fully saturated rings. The van der Waals surface area contributed by atoms with Crippen LogP contribution in [-0.4, -0.2) is 82.0 Å². The van der Waals surface area contributed by atoms with Crippen LogP contribution in [0.25, 0.3) is 0 Å². The molecule has 9 heteroatoms. The Balaban J connectivity index is 0.943. The van der Waals surface area contributed by atoms with Crippen molar-refractivity contribution in [2.24, 2.45) is 17.8 Å². The summed E-state index contributed by atoms with van der Waals surface area (Å²) in [7, 11) is 0. The van der Waals surface area contributed by atoms with Crippen molar-refractivity contribution in [1.29, 1.82) is 0 Å². The van der Waals surface area contributed by atoms with Crippen LogP contribution in [0.1, 0.15) is 80.4 Å². The van der Waals surface area contributed by atoms with Gasteiger partial charge in [-0.2, -0.15) is 0 Å². The van der Waals surface area contributed by atoms with Crippen molar-refractivity contribution >= 4 is 11.7 Å². The first kappa shape index (κ1) is 27.6. The van der Waals surface area contributed by atoms with E-state index in [-0.39, 0.29) is 47.4 Å². The molecule has 6 unspecified atom stereocenters. The number of likely N-dealkylation sites (tertiary alicyclic amines) is 1. The van der Waals surface area contributed by atoms with Crippen molar-refractivity contribution in [2.45, 2.75) is 88.8 Å². The van der Waals surface area contributed by atoms with Gasteiger partial charge in [-0.3, -0.25) is 4.57 Å². The second-order valence-corrected chi connectivity index (χ2v) is 14.4. The van der Waals surface area contributed by atoms with Crippen molar-refractivity contribution in [3.8, 4) is 11.8 Å². The van der Waals surface area contributed by atoms with Gasteiger partial charge in [-0.25, -0.2) is 9.18 Å². The summed E-state index contributed by atoms with van der Waals surface area (Å²) in [5, 5.41) is 26.0. The molecule has 2 bridgehead atoms. The number of rotatable bonds is 6. The van der Waals surface area contributed by atoms with E-state index in [1.807, 2.05) is 15.5 Å². The van der Waals surface area contributed by atoms with Gasteiger partial charge in [0.25, 0.3) is 0 Å². The molecule has 0 radical (unpaired) electrons. The monoisotopic (exact) mass is 591 g/mol. The average Bonchev–Trinajstić information content (AvgIpc) is 3.81. The highest BCUT2D eigenvalue weighted by atomic mass is 19.1. The van der Waals surface area contributed by atoms with Crippen molar-refractivity contribution in [3.63, 3.8) is 0 Å². The lowest BCUT2D eigenvalue weighted by molar-refractivity contribution is 0.116. The first-order chi connectivity index (χ1) is 20.9. The minimum absolute atomic E-state index is 0.00215. The molecule has 232 valence electrons. The van der Waals surface area contributed by atoms with E-state index in [2.05, 4.69) is 22.0 Å². The highest BCUT2D eigenvalue weighted by Gasteiger charge is 2.56. The van der Waals surface area contributed by atoms with Gasteiger partial charge < -0.3 is 30.2 Å². The standard InChI is InChI=1S/C34H46FN5O3/c1-20-26-17-27(31(20)39-15-11-36-34(39)43)30-29(26)32(41)40(33(30)42)19-23-5-3-2-4-22(23)18-37-12-9-25(10-13-37)38-14-8-21-6-7-24(35)16-28(21)38/h6-7,16,20,22-23,25-27,31,41-42H,2-5,8-15,17-19H2,1H3,(H,36,43). The number of amides is 2.